The van der Waals surface area contributed by atoms with Crippen LogP contribution in [0, 0.1) is 0 Å². The molecule has 0 saturated carbocycles. The van der Waals surface area contributed by atoms with E-state index in [0.29, 0.717) is 6.42 Å². The third-order valence-corrected chi connectivity index (χ3v) is 3.03. The van der Waals surface area contributed by atoms with Crippen molar-refractivity contribution in [1.82, 2.24) is 0 Å². The fourth-order valence-electron chi connectivity index (χ4n) is 1.11. The molecule has 0 aromatic carbocycles. The van der Waals surface area contributed by atoms with Gasteiger partial charge in [0.25, 0.3) is 0 Å². The van der Waals surface area contributed by atoms with Crippen molar-refractivity contribution >= 4 is 26.7 Å². The molecule has 0 aliphatic heterocycles. The number of hydrogen-bond donors (Lipinski definition) is 3. The lowest BCUT2D eigenvalue weighted by Crippen LogP contribution is -2.33. The van der Waals surface area contributed by atoms with Gasteiger partial charge in [0.15, 0.2) is 6.10 Å². The standard InChI is InChI=1S/C9H14O6.C3H10O3Si/c1-6(10)13-4-9(15-8(3)12)5-14-7(2)11;1-2-3-7(4,5)6/h9H,4-5H2,1-3H3;4-6H,2-3H2,1H3. The van der Waals surface area contributed by atoms with Gasteiger partial charge in [0.1, 0.15) is 13.2 Å². The predicted octanol–water partition coefficient (Wildman–Crippen LogP) is -0.644. The van der Waals surface area contributed by atoms with Crippen molar-refractivity contribution < 1.29 is 43.0 Å². The monoisotopic (exact) mass is 340 g/mol. The van der Waals surface area contributed by atoms with Crippen LogP contribution >= 0.6 is 0 Å². The fraction of sp³-hybridized carbons (Fsp3) is 0.750. The molecule has 0 amide bonds. The highest BCUT2D eigenvalue weighted by molar-refractivity contribution is 6.56. The third kappa shape index (κ3) is 20.8. The quantitative estimate of drug-likeness (QED) is 0.313. The van der Waals surface area contributed by atoms with Crippen LogP contribution in [0.4, 0.5) is 0 Å². The molecule has 0 atom stereocenters. The molecule has 0 aliphatic rings. The van der Waals surface area contributed by atoms with Crippen molar-refractivity contribution in [2.24, 2.45) is 0 Å². The van der Waals surface area contributed by atoms with Gasteiger partial charge in [0.05, 0.1) is 0 Å². The van der Waals surface area contributed by atoms with Gasteiger partial charge >= 0.3 is 26.7 Å². The van der Waals surface area contributed by atoms with Gasteiger partial charge in [-0.15, -0.1) is 0 Å². The fourth-order valence-corrected chi connectivity index (χ4v) is 1.78. The van der Waals surface area contributed by atoms with E-state index in [1.165, 1.54) is 20.8 Å². The van der Waals surface area contributed by atoms with E-state index in [0.717, 1.165) is 0 Å². The van der Waals surface area contributed by atoms with E-state index < -0.39 is 32.8 Å². The van der Waals surface area contributed by atoms with E-state index in [1.807, 2.05) is 0 Å². The third-order valence-electron chi connectivity index (χ3n) is 1.86. The van der Waals surface area contributed by atoms with E-state index in [2.05, 4.69) is 9.47 Å². The Morgan fingerprint density at radius 2 is 1.32 bits per heavy atom. The summed E-state index contributed by atoms with van der Waals surface area (Å²) in [5.74, 6) is -1.51. The van der Waals surface area contributed by atoms with Crippen LogP contribution in [0.15, 0.2) is 0 Å². The summed E-state index contributed by atoms with van der Waals surface area (Å²) in [6.45, 7) is 5.22. The van der Waals surface area contributed by atoms with Gasteiger partial charge < -0.3 is 28.6 Å². The molecule has 0 aliphatic carbocycles. The minimum atomic E-state index is -3.66. The van der Waals surface area contributed by atoms with E-state index in [-0.39, 0.29) is 19.3 Å². The summed E-state index contributed by atoms with van der Waals surface area (Å²) in [6.07, 6.45) is -0.134. The van der Waals surface area contributed by atoms with Gasteiger partial charge in [-0.05, 0) is 0 Å². The van der Waals surface area contributed by atoms with Gasteiger partial charge in [-0.3, -0.25) is 14.4 Å². The van der Waals surface area contributed by atoms with Crippen LogP contribution in [0.1, 0.15) is 34.1 Å². The number of hydrogen-bond acceptors (Lipinski definition) is 9. The van der Waals surface area contributed by atoms with Crippen molar-refractivity contribution in [2.75, 3.05) is 13.2 Å². The van der Waals surface area contributed by atoms with Gasteiger partial charge in [-0.2, -0.15) is 0 Å². The summed E-state index contributed by atoms with van der Waals surface area (Å²) < 4.78 is 14.0. The maximum atomic E-state index is 10.6. The second-order valence-corrected chi connectivity index (χ2v) is 6.41. The predicted molar refractivity (Wildman–Crippen MR) is 76.3 cm³/mol. The summed E-state index contributed by atoms with van der Waals surface area (Å²) in [7, 11) is -3.66. The molecule has 0 bridgehead atoms. The Bertz CT molecular complexity index is 333. The minimum absolute atomic E-state index is 0.123. The zero-order valence-electron chi connectivity index (χ0n) is 13.2. The van der Waals surface area contributed by atoms with Crippen LogP contribution in [-0.4, -0.2) is 60.4 Å². The topological polar surface area (TPSA) is 140 Å². The highest BCUT2D eigenvalue weighted by atomic mass is 28.4. The van der Waals surface area contributed by atoms with Gasteiger partial charge in [0.2, 0.25) is 0 Å². The first-order valence-electron chi connectivity index (χ1n) is 6.59. The van der Waals surface area contributed by atoms with Crippen LogP contribution < -0.4 is 0 Å². The first kappa shape index (κ1) is 22.8. The largest absolute Gasteiger partial charge is 0.492 e. The van der Waals surface area contributed by atoms with E-state index in [4.69, 9.17) is 19.1 Å². The van der Waals surface area contributed by atoms with Crippen molar-refractivity contribution in [3.8, 4) is 0 Å². The Balaban J connectivity index is 0. The Kier molecular flexibility index (Phi) is 12.5. The van der Waals surface area contributed by atoms with E-state index in [1.54, 1.807) is 6.92 Å². The van der Waals surface area contributed by atoms with E-state index in [9.17, 15) is 14.4 Å². The van der Waals surface area contributed by atoms with Crippen molar-refractivity contribution in [3.05, 3.63) is 0 Å². The SMILES string of the molecule is CC(=O)OCC(COC(C)=O)OC(C)=O.CCC[Si](O)(O)O. The van der Waals surface area contributed by atoms with Gasteiger partial charge in [0, 0.05) is 26.8 Å². The molecule has 0 fully saturated rings. The van der Waals surface area contributed by atoms with Crippen LogP contribution in [0.3, 0.4) is 0 Å². The Morgan fingerprint density at radius 1 is 0.909 bits per heavy atom. The Labute approximate surface area is 130 Å². The molecule has 0 aromatic rings. The lowest BCUT2D eigenvalue weighted by atomic mass is 10.4. The molecule has 0 unspecified atom stereocenters. The molecule has 10 heteroatoms. The van der Waals surface area contributed by atoms with Crippen LogP contribution in [0.2, 0.25) is 6.04 Å². The van der Waals surface area contributed by atoms with Crippen molar-refractivity contribution in [1.29, 1.82) is 0 Å². The zero-order chi connectivity index (χ0) is 17.8. The Hall–Kier alpha value is -1.49. The minimum Gasteiger partial charge on any atom is -0.462 e. The summed E-state index contributed by atoms with van der Waals surface area (Å²) in [5.41, 5.74) is 0. The number of ether oxygens (including phenoxy) is 3. The molecular weight excluding hydrogens is 316 g/mol. The molecular formula is C12H24O9Si. The Morgan fingerprint density at radius 3 is 1.50 bits per heavy atom. The molecule has 0 heterocycles. The maximum absolute atomic E-state index is 10.6. The number of esters is 3. The average molecular weight is 340 g/mol. The highest BCUT2D eigenvalue weighted by Crippen LogP contribution is 1.98. The molecule has 0 spiro atoms. The van der Waals surface area contributed by atoms with Crippen LogP contribution in [0.5, 0.6) is 0 Å². The maximum Gasteiger partial charge on any atom is 0.492 e. The van der Waals surface area contributed by atoms with Gasteiger partial charge in [-0.25, -0.2) is 0 Å². The van der Waals surface area contributed by atoms with Crippen molar-refractivity contribution in [2.45, 2.75) is 46.3 Å². The lowest BCUT2D eigenvalue weighted by molar-refractivity contribution is -0.163. The molecule has 0 radical (unpaired) electrons. The second-order valence-electron chi connectivity index (χ2n) is 4.36. The second kappa shape index (κ2) is 12.1. The zero-order valence-corrected chi connectivity index (χ0v) is 14.2. The molecule has 0 aromatic heterocycles. The lowest BCUT2D eigenvalue weighted by Gasteiger charge is -2.15. The van der Waals surface area contributed by atoms with Crippen LogP contribution in [-0.2, 0) is 28.6 Å². The molecule has 0 saturated heterocycles. The normalized spacial score (nSPS) is 10.4. The summed E-state index contributed by atoms with van der Waals surface area (Å²) >= 11 is 0. The highest BCUT2D eigenvalue weighted by Gasteiger charge is 2.24. The number of carbonyl (C=O) groups excluding carboxylic acids is 3. The molecule has 130 valence electrons. The number of carbonyl (C=O) groups is 3. The van der Waals surface area contributed by atoms with Crippen molar-refractivity contribution in [3.63, 3.8) is 0 Å². The molecule has 3 N–H and O–H groups in total. The first-order valence-corrected chi connectivity index (χ1v) is 8.63. The van der Waals surface area contributed by atoms with Gasteiger partial charge in [-0.1, -0.05) is 13.3 Å². The summed E-state index contributed by atoms with van der Waals surface area (Å²) in [4.78, 5) is 56.4. The molecule has 22 heavy (non-hydrogen) atoms. The van der Waals surface area contributed by atoms with Crippen LogP contribution in [0.25, 0.3) is 0 Å². The van der Waals surface area contributed by atoms with E-state index >= 15 is 0 Å². The molecule has 9 nitrogen and oxygen atoms in total. The summed E-state index contributed by atoms with van der Waals surface area (Å²) in [6, 6.07) is 0.146. The summed E-state index contributed by atoms with van der Waals surface area (Å²) in [5, 5.41) is 0. The molecule has 0 rings (SSSR count). The first-order chi connectivity index (χ1) is 9.97. The smallest absolute Gasteiger partial charge is 0.462 e. The number of rotatable bonds is 7. The average Bonchev–Trinajstić information content (AvgIpc) is 2.31.